The molecule has 1 saturated heterocycles. The molecule has 9 heteroatoms. The van der Waals surface area contributed by atoms with Gasteiger partial charge in [-0.2, -0.15) is 4.31 Å². The summed E-state index contributed by atoms with van der Waals surface area (Å²) in [6.07, 6.45) is 3.26. The van der Waals surface area contributed by atoms with E-state index in [1.54, 1.807) is 21.9 Å². The minimum absolute atomic E-state index is 0.0620. The van der Waals surface area contributed by atoms with Crippen molar-refractivity contribution < 1.29 is 12.8 Å². The predicted octanol–water partition coefficient (Wildman–Crippen LogP) is 1.55. The molecule has 2 aromatic rings. The zero-order chi connectivity index (χ0) is 19.6. The third-order valence-electron chi connectivity index (χ3n) is 4.43. The van der Waals surface area contributed by atoms with Crippen LogP contribution in [0.3, 0.4) is 0 Å². The number of nitrogens with zero attached hydrogens (tertiary/aromatic N) is 4. The standard InChI is InChI=1S/C18H23FN4O3S/c1-14(2)13-22-7-6-20-17(18(22)24)21-8-10-23(11-9-21)27(25,26)16-5-3-4-15(19)12-16/h3-7,12,14H,8-11,13H2,1-2H3. The highest BCUT2D eigenvalue weighted by atomic mass is 32.2. The first-order valence-corrected chi connectivity index (χ1v) is 10.3. The summed E-state index contributed by atoms with van der Waals surface area (Å²) in [4.78, 5) is 18.6. The summed E-state index contributed by atoms with van der Waals surface area (Å²) in [6.45, 7) is 5.77. The lowest BCUT2D eigenvalue weighted by molar-refractivity contribution is 0.382. The molecule has 0 unspecified atom stereocenters. The van der Waals surface area contributed by atoms with Crippen LogP contribution in [0.5, 0.6) is 0 Å². The van der Waals surface area contributed by atoms with E-state index in [0.717, 1.165) is 6.07 Å². The van der Waals surface area contributed by atoms with Gasteiger partial charge in [-0.25, -0.2) is 17.8 Å². The van der Waals surface area contributed by atoms with Gasteiger partial charge in [-0.15, -0.1) is 0 Å². The number of hydrogen-bond acceptors (Lipinski definition) is 5. The number of anilines is 1. The van der Waals surface area contributed by atoms with Gasteiger partial charge in [-0.1, -0.05) is 19.9 Å². The fourth-order valence-electron chi connectivity index (χ4n) is 3.11. The predicted molar refractivity (Wildman–Crippen MR) is 101 cm³/mol. The lowest BCUT2D eigenvalue weighted by Crippen LogP contribution is -2.50. The average Bonchev–Trinajstić information content (AvgIpc) is 2.63. The van der Waals surface area contributed by atoms with Gasteiger partial charge in [0.15, 0.2) is 5.82 Å². The first-order chi connectivity index (χ1) is 12.8. The quantitative estimate of drug-likeness (QED) is 0.769. The monoisotopic (exact) mass is 394 g/mol. The highest BCUT2D eigenvalue weighted by molar-refractivity contribution is 7.89. The molecule has 1 aromatic heterocycles. The molecule has 3 rings (SSSR count). The van der Waals surface area contributed by atoms with Crippen molar-refractivity contribution in [3.05, 3.63) is 52.8 Å². The maximum absolute atomic E-state index is 13.4. The number of halogens is 1. The summed E-state index contributed by atoms with van der Waals surface area (Å²) in [5.74, 6) is 0.0704. The third-order valence-corrected chi connectivity index (χ3v) is 6.32. The van der Waals surface area contributed by atoms with Gasteiger partial charge in [0.2, 0.25) is 10.0 Å². The summed E-state index contributed by atoms with van der Waals surface area (Å²) in [5.41, 5.74) is -0.173. The fraction of sp³-hybridized carbons (Fsp3) is 0.444. The Kier molecular flexibility index (Phi) is 5.61. The summed E-state index contributed by atoms with van der Waals surface area (Å²) >= 11 is 0. The largest absolute Gasteiger partial charge is 0.349 e. The van der Waals surface area contributed by atoms with E-state index in [9.17, 15) is 17.6 Å². The topological polar surface area (TPSA) is 75.5 Å². The van der Waals surface area contributed by atoms with Crippen molar-refractivity contribution in [1.82, 2.24) is 13.9 Å². The van der Waals surface area contributed by atoms with E-state index < -0.39 is 15.8 Å². The molecule has 1 aliphatic heterocycles. The zero-order valence-corrected chi connectivity index (χ0v) is 16.2. The number of aromatic nitrogens is 2. The van der Waals surface area contributed by atoms with Gasteiger partial charge in [-0.05, 0) is 24.1 Å². The maximum atomic E-state index is 13.4. The molecule has 0 saturated carbocycles. The average molecular weight is 394 g/mol. The first-order valence-electron chi connectivity index (χ1n) is 8.85. The third kappa shape index (κ3) is 4.19. The van der Waals surface area contributed by atoms with Crippen LogP contribution >= 0.6 is 0 Å². The van der Waals surface area contributed by atoms with E-state index in [4.69, 9.17) is 0 Å². The number of benzene rings is 1. The molecule has 0 spiro atoms. The van der Waals surface area contributed by atoms with Gasteiger partial charge in [0.05, 0.1) is 4.90 Å². The zero-order valence-electron chi connectivity index (χ0n) is 15.4. The Balaban J connectivity index is 1.75. The molecule has 0 N–H and O–H groups in total. The van der Waals surface area contributed by atoms with Crippen LogP contribution in [0.1, 0.15) is 13.8 Å². The second-order valence-electron chi connectivity index (χ2n) is 6.95. The number of hydrogen-bond donors (Lipinski definition) is 0. The van der Waals surface area contributed by atoms with Crippen molar-refractivity contribution in [2.24, 2.45) is 5.92 Å². The molecule has 27 heavy (non-hydrogen) atoms. The van der Waals surface area contributed by atoms with Gasteiger partial charge in [-0.3, -0.25) is 4.79 Å². The second kappa shape index (κ2) is 7.77. The van der Waals surface area contributed by atoms with Crippen LogP contribution in [-0.4, -0.2) is 48.5 Å². The van der Waals surface area contributed by atoms with E-state index in [2.05, 4.69) is 4.98 Å². The fourth-order valence-corrected chi connectivity index (χ4v) is 4.56. The van der Waals surface area contributed by atoms with Crippen LogP contribution < -0.4 is 10.5 Å². The first kappa shape index (κ1) is 19.5. The van der Waals surface area contributed by atoms with Crippen LogP contribution in [0.25, 0.3) is 0 Å². The molecule has 146 valence electrons. The van der Waals surface area contributed by atoms with E-state index >= 15 is 0 Å². The molecule has 0 atom stereocenters. The Labute approximate surface area is 158 Å². The molecule has 0 bridgehead atoms. The minimum atomic E-state index is -3.76. The Bertz CT molecular complexity index is 967. The van der Waals surface area contributed by atoms with Gasteiger partial charge < -0.3 is 9.47 Å². The minimum Gasteiger partial charge on any atom is -0.349 e. The number of rotatable bonds is 5. The Morgan fingerprint density at radius 1 is 1.19 bits per heavy atom. The van der Waals surface area contributed by atoms with Crippen LogP contribution in [0.15, 0.2) is 46.3 Å². The maximum Gasteiger partial charge on any atom is 0.293 e. The second-order valence-corrected chi connectivity index (χ2v) is 8.89. The van der Waals surface area contributed by atoms with Gasteiger partial charge in [0, 0.05) is 45.1 Å². The normalized spacial score (nSPS) is 16.1. The molecule has 7 nitrogen and oxygen atoms in total. The van der Waals surface area contributed by atoms with Crippen molar-refractivity contribution in [2.45, 2.75) is 25.3 Å². The molecule has 0 aliphatic carbocycles. The molecule has 1 aromatic carbocycles. The van der Waals surface area contributed by atoms with Crippen molar-refractivity contribution in [3.8, 4) is 0 Å². The molecule has 0 amide bonds. The number of piperazine rings is 1. The van der Waals surface area contributed by atoms with Crippen molar-refractivity contribution in [2.75, 3.05) is 31.1 Å². The van der Waals surface area contributed by atoms with Crippen molar-refractivity contribution >= 4 is 15.8 Å². The van der Waals surface area contributed by atoms with Crippen LogP contribution in [0.2, 0.25) is 0 Å². The van der Waals surface area contributed by atoms with E-state index in [-0.39, 0.29) is 23.5 Å². The summed E-state index contributed by atoms with van der Waals surface area (Å²) in [6, 6.07) is 4.99. The number of sulfonamides is 1. The lowest BCUT2D eigenvalue weighted by atomic mass is 10.2. The molecule has 1 fully saturated rings. The SMILES string of the molecule is CC(C)Cn1ccnc(N2CCN(S(=O)(=O)c3cccc(F)c3)CC2)c1=O. The van der Waals surface area contributed by atoms with E-state index in [1.165, 1.54) is 22.5 Å². The van der Waals surface area contributed by atoms with E-state index in [0.29, 0.717) is 31.4 Å². The highest BCUT2D eigenvalue weighted by Gasteiger charge is 2.30. The van der Waals surface area contributed by atoms with Crippen molar-refractivity contribution in [3.63, 3.8) is 0 Å². The molecule has 2 heterocycles. The van der Waals surface area contributed by atoms with Gasteiger partial charge in [0.25, 0.3) is 5.56 Å². The van der Waals surface area contributed by atoms with Crippen molar-refractivity contribution in [1.29, 1.82) is 0 Å². The Morgan fingerprint density at radius 2 is 1.89 bits per heavy atom. The van der Waals surface area contributed by atoms with Crippen LogP contribution in [0, 0.1) is 11.7 Å². The molecule has 0 radical (unpaired) electrons. The lowest BCUT2D eigenvalue weighted by Gasteiger charge is -2.34. The van der Waals surface area contributed by atoms with Gasteiger partial charge >= 0.3 is 0 Å². The molecular formula is C18H23FN4O3S. The highest BCUT2D eigenvalue weighted by Crippen LogP contribution is 2.19. The van der Waals surface area contributed by atoms with E-state index in [1.807, 2.05) is 13.8 Å². The molecule has 1 aliphatic rings. The van der Waals surface area contributed by atoms with Gasteiger partial charge in [0.1, 0.15) is 5.82 Å². The molecular weight excluding hydrogens is 371 g/mol. The summed E-state index contributed by atoms with van der Waals surface area (Å²) < 4.78 is 41.7. The smallest absolute Gasteiger partial charge is 0.293 e. The Hall–Kier alpha value is -2.26. The summed E-state index contributed by atoms with van der Waals surface area (Å²) in [7, 11) is -3.76. The van der Waals surface area contributed by atoms with Crippen LogP contribution in [0.4, 0.5) is 10.2 Å². The Morgan fingerprint density at radius 3 is 2.52 bits per heavy atom. The van der Waals surface area contributed by atoms with Crippen LogP contribution in [-0.2, 0) is 16.6 Å². The summed E-state index contributed by atoms with van der Waals surface area (Å²) in [5, 5.41) is 0.